The summed E-state index contributed by atoms with van der Waals surface area (Å²) in [5, 5.41) is 8.28. The fraction of sp³-hybridized carbons (Fsp3) is 0.357. The molecule has 1 N–H and O–H groups in total. The number of carboxylic acid groups (broad SMARTS) is 1. The lowest BCUT2D eigenvalue weighted by molar-refractivity contribution is -0.137. The highest BCUT2D eigenvalue weighted by Gasteiger charge is 2.29. The molecule has 1 aromatic carbocycles. The van der Waals surface area contributed by atoms with E-state index in [0.717, 1.165) is 12.1 Å². The molecule has 20 heavy (non-hydrogen) atoms. The van der Waals surface area contributed by atoms with Crippen molar-refractivity contribution in [2.45, 2.75) is 19.5 Å². The second kappa shape index (κ2) is 6.85. The van der Waals surface area contributed by atoms with Crippen LogP contribution in [0, 0.1) is 17.8 Å². The van der Waals surface area contributed by atoms with Crippen molar-refractivity contribution < 1.29 is 27.8 Å². The van der Waals surface area contributed by atoms with Gasteiger partial charge in [0.05, 0.1) is 12.2 Å². The van der Waals surface area contributed by atoms with Gasteiger partial charge in [0, 0.05) is 11.5 Å². The minimum Gasteiger partial charge on any atom is -0.450 e. The summed E-state index contributed by atoms with van der Waals surface area (Å²) in [6.07, 6.45) is -5.26. The van der Waals surface area contributed by atoms with E-state index >= 15 is 0 Å². The van der Waals surface area contributed by atoms with E-state index in [4.69, 9.17) is 5.11 Å². The summed E-state index contributed by atoms with van der Waals surface area (Å²) in [6, 6.07) is 4.55. The van der Waals surface area contributed by atoms with Gasteiger partial charge in [0.15, 0.2) is 0 Å². The van der Waals surface area contributed by atoms with Gasteiger partial charge >= 0.3 is 12.3 Å². The molecule has 0 spiro atoms. The Bertz CT molecular complexity index is 509. The number of rotatable bonds is 3. The zero-order valence-electron chi connectivity index (χ0n) is 10.7. The molecule has 1 aromatic rings. The molecule has 0 fully saturated rings. The number of benzene rings is 1. The summed E-state index contributed by atoms with van der Waals surface area (Å²) >= 11 is 0. The number of carbonyl (C=O) groups is 1. The molecule has 0 amide bonds. The average Bonchev–Trinajstić information content (AvgIpc) is 2.35. The minimum atomic E-state index is -4.35. The van der Waals surface area contributed by atoms with Gasteiger partial charge in [0.2, 0.25) is 0 Å². The van der Waals surface area contributed by atoms with Gasteiger partial charge in [0.25, 0.3) is 0 Å². The monoisotopic (exact) mass is 286 g/mol. The molecule has 1 rings (SSSR count). The molecule has 6 heteroatoms. The first-order valence-corrected chi connectivity index (χ1v) is 5.83. The lowest BCUT2D eigenvalue weighted by atomic mass is 10.1. The molecular weight excluding hydrogens is 273 g/mol. The van der Waals surface area contributed by atoms with Crippen LogP contribution >= 0.6 is 0 Å². The minimum absolute atomic E-state index is 0.0399. The maximum absolute atomic E-state index is 12.3. The zero-order valence-corrected chi connectivity index (χ0v) is 10.7. The van der Waals surface area contributed by atoms with Crippen LogP contribution in [-0.4, -0.2) is 17.9 Å². The molecule has 0 bridgehead atoms. The average molecular weight is 286 g/mol. The van der Waals surface area contributed by atoms with E-state index in [1.807, 2.05) is 0 Å². The highest BCUT2D eigenvalue weighted by molar-refractivity contribution is 5.56. The zero-order chi connectivity index (χ0) is 15.2. The third kappa shape index (κ3) is 5.65. The summed E-state index contributed by atoms with van der Waals surface area (Å²) < 4.78 is 41.4. The molecule has 1 unspecified atom stereocenters. The smallest absolute Gasteiger partial charge is 0.450 e. The first-order valence-electron chi connectivity index (χ1n) is 5.83. The maximum Gasteiger partial charge on any atom is 0.505 e. The SMILES string of the molecule is CC(C#Cc1ccc(C(F)(F)F)cc1)CCOC(=O)O. The molecule has 0 aliphatic carbocycles. The quantitative estimate of drug-likeness (QED) is 0.679. The summed E-state index contributed by atoms with van der Waals surface area (Å²) in [5.74, 6) is 5.45. The Labute approximate surface area is 114 Å². The van der Waals surface area contributed by atoms with Crippen LogP contribution in [0.15, 0.2) is 24.3 Å². The Morgan fingerprint density at radius 3 is 2.45 bits per heavy atom. The summed E-state index contributed by atoms with van der Waals surface area (Å²) in [6.45, 7) is 1.82. The third-order valence-electron chi connectivity index (χ3n) is 2.45. The van der Waals surface area contributed by atoms with E-state index in [1.54, 1.807) is 6.92 Å². The largest absolute Gasteiger partial charge is 0.505 e. The molecule has 3 nitrogen and oxygen atoms in total. The second-order valence-electron chi connectivity index (χ2n) is 4.15. The topological polar surface area (TPSA) is 46.5 Å². The van der Waals surface area contributed by atoms with E-state index in [0.29, 0.717) is 12.0 Å². The first-order chi connectivity index (χ1) is 9.29. The third-order valence-corrected chi connectivity index (χ3v) is 2.45. The van der Waals surface area contributed by atoms with Crippen LogP contribution in [0.1, 0.15) is 24.5 Å². The van der Waals surface area contributed by atoms with E-state index in [-0.39, 0.29) is 12.5 Å². The predicted octanol–water partition coefficient (Wildman–Crippen LogP) is 3.78. The van der Waals surface area contributed by atoms with E-state index < -0.39 is 17.9 Å². The molecule has 0 radical (unpaired) electrons. The van der Waals surface area contributed by atoms with Gasteiger partial charge in [-0.1, -0.05) is 18.8 Å². The Morgan fingerprint density at radius 2 is 1.95 bits per heavy atom. The van der Waals surface area contributed by atoms with Crippen molar-refractivity contribution in [2.75, 3.05) is 6.61 Å². The molecule has 0 saturated carbocycles. The van der Waals surface area contributed by atoms with Crippen molar-refractivity contribution in [3.8, 4) is 11.8 Å². The van der Waals surface area contributed by atoms with E-state index in [1.165, 1.54) is 12.1 Å². The van der Waals surface area contributed by atoms with Crippen LogP contribution in [0.3, 0.4) is 0 Å². The molecule has 108 valence electrons. The van der Waals surface area contributed by atoms with Crippen molar-refractivity contribution in [3.63, 3.8) is 0 Å². The van der Waals surface area contributed by atoms with Crippen molar-refractivity contribution in [2.24, 2.45) is 5.92 Å². The standard InChI is InChI=1S/C14H13F3O3/c1-10(8-9-20-13(18)19)2-3-11-4-6-12(7-5-11)14(15,16)17/h4-7,10H,8-9H2,1H3,(H,18,19). The van der Waals surface area contributed by atoms with Crippen LogP contribution in [0.2, 0.25) is 0 Å². The fourth-order valence-corrected chi connectivity index (χ4v) is 1.34. The van der Waals surface area contributed by atoms with Gasteiger partial charge < -0.3 is 9.84 Å². The molecular formula is C14H13F3O3. The molecule has 1 atom stereocenters. The Kier molecular flexibility index (Phi) is 5.44. The Hall–Kier alpha value is -2.16. The number of hydrogen-bond acceptors (Lipinski definition) is 2. The van der Waals surface area contributed by atoms with Gasteiger partial charge in [-0.25, -0.2) is 4.79 Å². The lowest BCUT2D eigenvalue weighted by Gasteiger charge is -2.05. The normalized spacial score (nSPS) is 12.2. The van der Waals surface area contributed by atoms with E-state index in [2.05, 4.69) is 16.6 Å². The number of hydrogen-bond donors (Lipinski definition) is 1. The fourth-order valence-electron chi connectivity index (χ4n) is 1.34. The lowest BCUT2D eigenvalue weighted by Crippen LogP contribution is -2.05. The Balaban J connectivity index is 2.57. The number of halogens is 3. The first kappa shape index (κ1) is 15.9. The van der Waals surface area contributed by atoms with Crippen LogP contribution in [0.4, 0.5) is 18.0 Å². The maximum atomic E-state index is 12.3. The van der Waals surface area contributed by atoms with Gasteiger partial charge in [-0.2, -0.15) is 13.2 Å². The highest BCUT2D eigenvalue weighted by atomic mass is 19.4. The molecule has 0 heterocycles. The summed E-state index contributed by atoms with van der Waals surface area (Å²) in [4.78, 5) is 10.1. The predicted molar refractivity (Wildman–Crippen MR) is 66.1 cm³/mol. The van der Waals surface area contributed by atoms with Crippen LogP contribution < -0.4 is 0 Å². The van der Waals surface area contributed by atoms with Crippen LogP contribution in [0.5, 0.6) is 0 Å². The van der Waals surface area contributed by atoms with Crippen molar-refractivity contribution in [1.82, 2.24) is 0 Å². The van der Waals surface area contributed by atoms with Crippen molar-refractivity contribution in [1.29, 1.82) is 0 Å². The van der Waals surface area contributed by atoms with Crippen molar-refractivity contribution in [3.05, 3.63) is 35.4 Å². The number of ether oxygens (including phenoxy) is 1. The van der Waals surface area contributed by atoms with Crippen molar-refractivity contribution >= 4 is 6.16 Å². The van der Waals surface area contributed by atoms with Crippen LogP contribution in [0.25, 0.3) is 0 Å². The van der Waals surface area contributed by atoms with Gasteiger partial charge in [-0.15, -0.1) is 0 Å². The van der Waals surface area contributed by atoms with Gasteiger partial charge in [-0.3, -0.25) is 0 Å². The summed E-state index contributed by atoms with van der Waals surface area (Å²) in [5.41, 5.74) is -0.241. The van der Waals surface area contributed by atoms with Crippen LogP contribution in [-0.2, 0) is 10.9 Å². The second-order valence-corrected chi connectivity index (χ2v) is 4.15. The molecule has 0 aliphatic rings. The van der Waals surface area contributed by atoms with Gasteiger partial charge in [0.1, 0.15) is 0 Å². The number of alkyl halides is 3. The molecule has 0 aromatic heterocycles. The van der Waals surface area contributed by atoms with E-state index in [9.17, 15) is 18.0 Å². The Morgan fingerprint density at radius 1 is 1.35 bits per heavy atom. The highest BCUT2D eigenvalue weighted by Crippen LogP contribution is 2.28. The molecule has 0 saturated heterocycles. The summed E-state index contributed by atoms with van der Waals surface area (Å²) in [7, 11) is 0. The van der Waals surface area contributed by atoms with Gasteiger partial charge in [-0.05, 0) is 30.7 Å². The molecule has 0 aliphatic heterocycles.